The van der Waals surface area contributed by atoms with Crippen LogP contribution in [0.5, 0.6) is 11.5 Å². The number of aromatic amines is 1. The molecule has 3 aromatic rings. The highest BCUT2D eigenvalue weighted by atomic mass is 35.5. The smallest absolute Gasteiger partial charge is 0.342 e. The summed E-state index contributed by atoms with van der Waals surface area (Å²) >= 11 is 6.91. The Bertz CT molecular complexity index is 1020. The minimum atomic E-state index is -1.13. The molecule has 9 heteroatoms. The number of aromatic hydroxyl groups is 1. The second-order valence-electron chi connectivity index (χ2n) is 5.32. The maximum Gasteiger partial charge on any atom is 0.342 e. The number of hydrogen-bond donors (Lipinski definition) is 3. The topological polar surface area (TPSA) is 108 Å². The van der Waals surface area contributed by atoms with Crippen LogP contribution < -0.4 is 4.74 Å². The van der Waals surface area contributed by atoms with Crippen molar-refractivity contribution in [2.24, 2.45) is 0 Å². The van der Waals surface area contributed by atoms with Gasteiger partial charge in [0.05, 0.1) is 12.7 Å². The number of H-pyrrole nitrogens is 1. The highest BCUT2D eigenvalue weighted by molar-refractivity contribution is 8.04. The number of thioether (sulfide) groups is 1. The van der Waals surface area contributed by atoms with Gasteiger partial charge in [0, 0.05) is 5.02 Å². The molecule has 7 nitrogen and oxygen atoms in total. The summed E-state index contributed by atoms with van der Waals surface area (Å²) < 4.78 is 5.29. The molecule has 0 aliphatic rings. The van der Waals surface area contributed by atoms with Crippen LogP contribution in [0, 0.1) is 0 Å². The molecule has 1 aromatic heterocycles. The number of phenols is 1. The van der Waals surface area contributed by atoms with E-state index in [9.17, 15) is 15.0 Å². The molecule has 1 heterocycles. The number of ether oxygens (including phenoxy) is 1. The zero-order valence-corrected chi connectivity index (χ0v) is 15.6. The van der Waals surface area contributed by atoms with Gasteiger partial charge in [0.25, 0.3) is 0 Å². The molecular formula is C18H14ClN3O4S. The second-order valence-corrected chi connectivity index (χ2v) is 6.77. The second kappa shape index (κ2) is 8.15. The van der Waals surface area contributed by atoms with Crippen LogP contribution in [0.4, 0.5) is 0 Å². The van der Waals surface area contributed by atoms with Gasteiger partial charge in [0.15, 0.2) is 5.82 Å². The van der Waals surface area contributed by atoms with Gasteiger partial charge < -0.3 is 14.9 Å². The number of halogens is 1. The summed E-state index contributed by atoms with van der Waals surface area (Å²) in [4.78, 5) is 15.9. The van der Waals surface area contributed by atoms with Crippen LogP contribution in [-0.4, -0.2) is 38.5 Å². The molecule has 0 atom stereocenters. The highest BCUT2D eigenvalue weighted by Crippen LogP contribution is 2.33. The normalized spacial score (nSPS) is 11.4. The van der Waals surface area contributed by atoms with E-state index in [4.69, 9.17) is 16.3 Å². The van der Waals surface area contributed by atoms with Crippen molar-refractivity contribution >= 4 is 35.4 Å². The van der Waals surface area contributed by atoms with E-state index in [1.165, 1.54) is 25.3 Å². The van der Waals surface area contributed by atoms with Crippen molar-refractivity contribution in [3.63, 3.8) is 0 Å². The van der Waals surface area contributed by atoms with Gasteiger partial charge in [0.1, 0.15) is 16.4 Å². The van der Waals surface area contributed by atoms with Gasteiger partial charge in [-0.3, -0.25) is 5.10 Å². The van der Waals surface area contributed by atoms with E-state index in [-0.39, 0.29) is 15.8 Å². The molecule has 0 aliphatic heterocycles. The molecule has 0 saturated carbocycles. The molecule has 3 N–H and O–H groups in total. The maximum absolute atomic E-state index is 11.6. The van der Waals surface area contributed by atoms with Crippen molar-refractivity contribution in [2.75, 3.05) is 7.11 Å². The molecule has 0 unspecified atom stereocenters. The van der Waals surface area contributed by atoms with Crippen molar-refractivity contribution in [2.45, 2.75) is 5.16 Å². The van der Waals surface area contributed by atoms with Crippen LogP contribution >= 0.6 is 23.4 Å². The number of nitrogens with zero attached hydrogens (tertiary/aromatic N) is 2. The number of hydrogen-bond acceptors (Lipinski definition) is 6. The lowest BCUT2D eigenvalue weighted by atomic mass is 10.2. The molecular weight excluding hydrogens is 390 g/mol. The van der Waals surface area contributed by atoms with Gasteiger partial charge >= 0.3 is 5.97 Å². The number of aromatic nitrogens is 3. The van der Waals surface area contributed by atoms with Gasteiger partial charge in [-0.2, -0.15) is 0 Å². The molecule has 0 fully saturated rings. The minimum Gasteiger partial charge on any atom is -0.508 e. The zero-order chi connectivity index (χ0) is 19.4. The molecule has 0 amide bonds. The van der Waals surface area contributed by atoms with Crippen molar-refractivity contribution in [3.8, 4) is 22.9 Å². The Labute approximate surface area is 163 Å². The average molecular weight is 404 g/mol. The molecule has 2 aromatic carbocycles. The van der Waals surface area contributed by atoms with Crippen molar-refractivity contribution in [1.29, 1.82) is 0 Å². The molecule has 0 bridgehead atoms. The third kappa shape index (κ3) is 4.60. The number of carboxylic acid groups (broad SMARTS) is 1. The van der Waals surface area contributed by atoms with Gasteiger partial charge in [-0.25, -0.2) is 9.78 Å². The third-order valence-corrected chi connectivity index (χ3v) is 4.57. The van der Waals surface area contributed by atoms with Crippen LogP contribution in [-0.2, 0) is 4.79 Å². The van der Waals surface area contributed by atoms with E-state index in [0.29, 0.717) is 27.7 Å². The standard InChI is InChI=1S/C18H14ClN3O4S/c1-26-14-6-5-11(19)9-13(14)16-20-18(22-21-16)27-15(17(24)25)8-10-3-2-4-12(23)7-10/h2-9,23H,1H3,(H,24,25)(H,20,21,22)/b15-8-. The number of nitrogens with one attached hydrogen (secondary N) is 1. The number of rotatable bonds is 6. The Morgan fingerprint density at radius 2 is 2.11 bits per heavy atom. The quantitative estimate of drug-likeness (QED) is 0.420. The summed E-state index contributed by atoms with van der Waals surface area (Å²) in [5.74, 6) is -0.124. The first-order valence-electron chi connectivity index (χ1n) is 7.64. The molecule has 0 aliphatic carbocycles. The molecule has 27 heavy (non-hydrogen) atoms. The van der Waals surface area contributed by atoms with E-state index in [2.05, 4.69) is 15.2 Å². The lowest BCUT2D eigenvalue weighted by Crippen LogP contribution is -1.97. The van der Waals surface area contributed by atoms with Crippen LogP contribution in [0.2, 0.25) is 5.02 Å². The van der Waals surface area contributed by atoms with Crippen LogP contribution in [0.15, 0.2) is 52.5 Å². The summed E-state index contributed by atoms with van der Waals surface area (Å²) in [6, 6.07) is 11.4. The predicted octanol–water partition coefficient (Wildman–Crippen LogP) is 4.06. The van der Waals surface area contributed by atoms with E-state index < -0.39 is 5.97 Å². The minimum absolute atomic E-state index is 0.00390. The first-order chi connectivity index (χ1) is 13.0. The lowest BCUT2D eigenvalue weighted by Gasteiger charge is -2.05. The van der Waals surface area contributed by atoms with Gasteiger partial charge in [-0.05, 0) is 53.7 Å². The number of carbonyl (C=O) groups is 1. The first kappa shape index (κ1) is 18.8. The Hall–Kier alpha value is -2.97. The summed E-state index contributed by atoms with van der Waals surface area (Å²) in [5, 5.41) is 26.5. The Kier molecular flexibility index (Phi) is 5.68. The molecule has 0 saturated heterocycles. The number of aliphatic carboxylic acids is 1. The largest absolute Gasteiger partial charge is 0.508 e. The average Bonchev–Trinajstić information content (AvgIpc) is 3.09. The van der Waals surface area contributed by atoms with Crippen LogP contribution in [0.1, 0.15) is 5.56 Å². The lowest BCUT2D eigenvalue weighted by molar-refractivity contribution is -0.131. The first-order valence-corrected chi connectivity index (χ1v) is 8.84. The van der Waals surface area contributed by atoms with Gasteiger partial charge in [-0.15, -0.1) is 5.10 Å². The fourth-order valence-corrected chi connectivity index (χ4v) is 3.16. The number of methoxy groups -OCH3 is 1. The van der Waals surface area contributed by atoms with Crippen molar-refractivity contribution in [1.82, 2.24) is 15.2 Å². The van der Waals surface area contributed by atoms with Crippen LogP contribution in [0.3, 0.4) is 0 Å². The molecule has 0 radical (unpaired) electrons. The molecule has 0 spiro atoms. The Balaban J connectivity index is 1.89. The third-order valence-electron chi connectivity index (χ3n) is 3.46. The summed E-state index contributed by atoms with van der Waals surface area (Å²) in [6.45, 7) is 0. The highest BCUT2D eigenvalue weighted by Gasteiger charge is 2.16. The summed E-state index contributed by atoms with van der Waals surface area (Å²) in [6.07, 6.45) is 1.43. The maximum atomic E-state index is 11.6. The van der Waals surface area contributed by atoms with Gasteiger partial charge in [-0.1, -0.05) is 23.7 Å². The van der Waals surface area contributed by atoms with Gasteiger partial charge in [0.2, 0.25) is 5.16 Å². The van der Waals surface area contributed by atoms with E-state index >= 15 is 0 Å². The monoisotopic (exact) mass is 403 g/mol. The SMILES string of the molecule is COc1ccc(Cl)cc1-c1nc(S/C(=C\c2cccc(O)c2)C(=O)O)n[nH]1. The molecule has 138 valence electrons. The predicted molar refractivity (Wildman–Crippen MR) is 103 cm³/mol. The number of benzene rings is 2. The fraction of sp³-hybridized carbons (Fsp3) is 0.0556. The van der Waals surface area contributed by atoms with Crippen molar-refractivity contribution < 1.29 is 19.7 Å². The Morgan fingerprint density at radius 3 is 2.81 bits per heavy atom. The Morgan fingerprint density at radius 1 is 1.30 bits per heavy atom. The van der Waals surface area contributed by atoms with E-state index in [1.54, 1.807) is 30.3 Å². The van der Waals surface area contributed by atoms with E-state index in [1.807, 2.05) is 0 Å². The number of carboxylic acids is 1. The fourth-order valence-electron chi connectivity index (χ4n) is 2.28. The zero-order valence-electron chi connectivity index (χ0n) is 14.0. The van der Waals surface area contributed by atoms with E-state index in [0.717, 1.165) is 11.8 Å². The summed E-state index contributed by atoms with van der Waals surface area (Å²) in [5.41, 5.74) is 1.16. The summed E-state index contributed by atoms with van der Waals surface area (Å²) in [7, 11) is 1.53. The van der Waals surface area contributed by atoms with Crippen LogP contribution in [0.25, 0.3) is 17.5 Å². The molecule has 3 rings (SSSR count). The van der Waals surface area contributed by atoms with Crippen molar-refractivity contribution in [3.05, 3.63) is 58.0 Å². The number of phenolic OH excluding ortho intramolecular Hbond substituents is 1.